The van der Waals surface area contributed by atoms with Gasteiger partial charge in [-0.25, -0.2) is 0 Å². The summed E-state index contributed by atoms with van der Waals surface area (Å²) < 4.78 is 1.71. The predicted octanol–water partition coefficient (Wildman–Crippen LogP) is 4.08. The van der Waals surface area contributed by atoms with Crippen LogP contribution in [0.1, 0.15) is 10.4 Å². The van der Waals surface area contributed by atoms with Crippen LogP contribution in [0.25, 0.3) is 0 Å². The maximum Gasteiger partial charge on any atom is 0.269 e. The molecule has 6 nitrogen and oxygen atoms in total. The summed E-state index contributed by atoms with van der Waals surface area (Å²) in [6.45, 7) is 2.61. The van der Waals surface area contributed by atoms with Crippen molar-refractivity contribution in [3.05, 3.63) is 67.1 Å². The fourth-order valence-corrected chi connectivity index (χ4v) is 4.11. The van der Waals surface area contributed by atoms with E-state index in [2.05, 4.69) is 36.8 Å². The molecule has 1 aliphatic heterocycles. The van der Waals surface area contributed by atoms with Crippen molar-refractivity contribution in [1.29, 1.82) is 0 Å². The maximum absolute atomic E-state index is 12.7. The zero-order valence-electron chi connectivity index (χ0n) is 13.2. The number of halogens is 2. The Kier molecular flexibility index (Phi) is 5.39. The van der Waals surface area contributed by atoms with Crippen LogP contribution in [-0.4, -0.2) is 41.9 Å². The van der Waals surface area contributed by atoms with E-state index in [0.717, 1.165) is 14.6 Å². The van der Waals surface area contributed by atoms with E-state index in [1.165, 1.54) is 12.1 Å². The number of non-ortho nitro benzene ring substituents is 1. The van der Waals surface area contributed by atoms with Crippen molar-refractivity contribution in [2.45, 2.75) is 0 Å². The summed E-state index contributed by atoms with van der Waals surface area (Å²) in [5.74, 6) is 0.00495. The van der Waals surface area contributed by atoms with Gasteiger partial charge in [0.1, 0.15) is 0 Å². The van der Waals surface area contributed by atoms with Crippen molar-refractivity contribution in [3.8, 4) is 0 Å². The van der Waals surface area contributed by atoms with Crippen LogP contribution in [0.15, 0.2) is 51.4 Å². The standard InChI is InChI=1S/C17H15Br2N3O3/c18-13-9-12(10-14(19)11-13)17(23)21-7-5-20(6-8-21)15-1-3-16(4-2-15)22(24)25/h1-4,9-11H,5-8H2. The van der Waals surface area contributed by atoms with Crippen LogP contribution in [0.5, 0.6) is 0 Å². The molecule has 2 aromatic rings. The lowest BCUT2D eigenvalue weighted by atomic mass is 10.1. The molecule has 0 atom stereocenters. The van der Waals surface area contributed by atoms with Crippen LogP contribution in [-0.2, 0) is 0 Å². The molecule has 0 saturated carbocycles. The topological polar surface area (TPSA) is 66.7 Å². The molecule has 0 aliphatic carbocycles. The molecule has 25 heavy (non-hydrogen) atoms. The first kappa shape index (κ1) is 17.9. The number of rotatable bonds is 3. The SMILES string of the molecule is O=C(c1cc(Br)cc(Br)c1)N1CCN(c2ccc([N+](=O)[O-])cc2)CC1. The summed E-state index contributed by atoms with van der Waals surface area (Å²) in [5, 5.41) is 10.7. The van der Waals surface area contributed by atoms with Crippen molar-refractivity contribution < 1.29 is 9.72 Å². The Labute approximate surface area is 161 Å². The summed E-state index contributed by atoms with van der Waals surface area (Å²) >= 11 is 6.81. The number of carbonyl (C=O) groups excluding carboxylic acids is 1. The predicted molar refractivity (Wildman–Crippen MR) is 103 cm³/mol. The molecule has 0 unspecified atom stereocenters. The Morgan fingerprint density at radius 1 is 0.960 bits per heavy atom. The molecule has 0 N–H and O–H groups in total. The average Bonchev–Trinajstić information content (AvgIpc) is 2.60. The molecule has 1 amide bonds. The number of anilines is 1. The monoisotopic (exact) mass is 467 g/mol. The van der Waals surface area contributed by atoms with Crippen molar-refractivity contribution in [1.82, 2.24) is 4.90 Å². The zero-order chi connectivity index (χ0) is 18.0. The molecule has 2 aromatic carbocycles. The second-order valence-corrected chi connectivity index (χ2v) is 7.54. The number of nitro benzene ring substituents is 1. The van der Waals surface area contributed by atoms with Crippen LogP contribution in [0, 0.1) is 10.1 Å². The van der Waals surface area contributed by atoms with E-state index < -0.39 is 4.92 Å². The molecule has 1 aliphatic rings. The molecule has 1 heterocycles. The Morgan fingerprint density at radius 3 is 2.04 bits per heavy atom. The third kappa shape index (κ3) is 4.19. The van der Waals surface area contributed by atoms with Gasteiger partial charge in [-0.15, -0.1) is 0 Å². The number of nitrogens with zero attached hydrogens (tertiary/aromatic N) is 3. The highest BCUT2D eigenvalue weighted by Crippen LogP contribution is 2.23. The van der Waals surface area contributed by atoms with Gasteiger partial charge in [0.25, 0.3) is 11.6 Å². The van der Waals surface area contributed by atoms with E-state index in [0.29, 0.717) is 31.7 Å². The van der Waals surface area contributed by atoms with Crippen LogP contribution in [0.4, 0.5) is 11.4 Å². The van der Waals surface area contributed by atoms with E-state index in [4.69, 9.17) is 0 Å². The zero-order valence-corrected chi connectivity index (χ0v) is 16.4. The fraction of sp³-hybridized carbons (Fsp3) is 0.235. The number of piperazine rings is 1. The first-order chi connectivity index (χ1) is 11.9. The molecule has 8 heteroatoms. The van der Waals surface area contributed by atoms with Gasteiger partial charge in [0.05, 0.1) is 4.92 Å². The first-order valence-electron chi connectivity index (χ1n) is 7.69. The third-order valence-electron chi connectivity index (χ3n) is 4.10. The van der Waals surface area contributed by atoms with Gasteiger partial charge in [0.15, 0.2) is 0 Å². The Bertz CT molecular complexity index is 783. The smallest absolute Gasteiger partial charge is 0.269 e. The molecule has 1 fully saturated rings. The highest BCUT2D eigenvalue weighted by molar-refractivity contribution is 9.11. The van der Waals surface area contributed by atoms with Crippen LogP contribution in [0.2, 0.25) is 0 Å². The number of hydrogen-bond acceptors (Lipinski definition) is 4. The maximum atomic E-state index is 12.7. The van der Waals surface area contributed by atoms with Crippen LogP contribution >= 0.6 is 31.9 Å². The summed E-state index contributed by atoms with van der Waals surface area (Å²) in [6.07, 6.45) is 0. The number of benzene rings is 2. The second kappa shape index (κ2) is 7.53. The Balaban J connectivity index is 1.65. The van der Waals surface area contributed by atoms with Gasteiger partial charge in [0, 0.05) is 58.5 Å². The minimum atomic E-state index is -0.406. The minimum absolute atomic E-state index is 0.00495. The summed E-state index contributed by atoms with van der Waals surface area (Å²) in [6, 6.07) is 12.0. The normalized spacial score (nSPS) is 14.5. The highest BCUT2D eigenvalue weighted by atomic mass is 79.9. The Morgan fingerprint density at radius 2 is 1.52 bits per heavy atom. The lowest BCUT2D eigenvalue weighted by Gasteiger charge is -2.36. The third-order valence-corrected chi connectivity index (χ3v) is 5.02. The van der Waals surface area contributed by atoms with Gasteiger partial charge in [-0.2, -0.15) is 0 Å². The summed E-state index contributed by atoms with van der Waals surface area (Å²) in [7, 11) is 0. The molecular formula is C17H15Br2N3O3. The van der Waals surface area contributed by atoms with Crippen molar-refractivity contribution in [3.63, 3.8) is 0 Å². The fourth-order valence-electron chi connectivity index (χ4n) is 2.81. The molecule has 0 aromatic heterocycles. The molecule has 3 rings (SSSR count). The Hall–Kier alpha value is -1.93. The van der Waals surface area contributed by atoms with E-state index in [-0.39, 0.29) is 11.6 Å². The van der Waals surface area contributed by atoms with Crippen molar-refractivity contribution in [2.75, 3.05) is 31.1 Å². The van der Waals surface area contributed by atoms with Gasteiger partial charge in [-0.1, -0.05) is 31.9 Å². The highest BCUT2D eigenvalue weighted by Gasteiger charge is 2.23. The molecule has 130 valence electrons. The van der Waals surface area contributed by atoms with E-state index in [1.54, 1.807) is 12.1 Å². The van der Waals surface area contributed by atoms with E-state index >= 15 is 0 Å². The minimum Gasteiger partial charge on any atom is -0.368 e. The van der Waals surface area contributed by atoms with Crippen molar-refractivity contribution >= 4 is 49.1 Å². The molecular weight excluding hydrogens is 454 g/mol. The first-order valence-corrected chi connectivity index (χ1v) is 9.27. The number of nitro groups is 1. The van der Waals surface area contributed by atoms with Gasteiger partial charge in [-0.05, 0) is 30.3 Å². The van der Waals surface area contributed by atoms with Crippen LogP contribution < -0.4 is 4.90 Å². The van der Waals surface area contributed by atoms with Gasteiger partial charge in [0.2, 0.25) is 0 Å². The largest absolute Gasteiger partial charge is 0.368 e. The number of carbonyl (C=O) groups is 1. The van der Waals surface area contributed by atoms with Gasteiger partial charge in [-0.3, -0.25) is 14.9 Å². The lowest BCUT2D eigenvalue weighted by molar-refractivity contribution is -0.384. The summed E-state index contributed by atoms with van der Waals surface area (Å²) in [5.41, 5.74) is 1.66. The van der Waals surface area contributed by atoms with Gasteiger partial charge >= 0.3 is 0 Å². The van der Waals surface area contributed by atoms with Crippen molar-refractivity contribution in [2.24, 2.45) is 0 Å². The van der Waals surface area contributed by atoms with E-state index in [1.807, 2.05) is 23.1 Å². The van der Waals surface area contributed by atoms with Gasteiger partial charge < -0.3 is 9.80 Å². The number of hydrogen-bond donors (Lipinski definition) is 0. The molecule has 1 saturated heterocycles. The average molecular weight is 469 g/mol. The molecule has 0 radical (unpaired) electrons. The number of amides is 1. The van der Waals surface area contributed by atoms with E-state index in [9.17, 15) is 14.9 Å². The second-order valence-electron chi connectivity index (χ2n) is 5.71. The molecule has 0 bridgehead atoms. The quantitative estimate of drug-likeness (QED) is 0.502. The van der Waals surface area contributed by atoms with Crippen LogP contribution in [0.3, 0.4) is 0 Å². The lowest BCUT2D eigenvalue weighted by Crippen LogP contribution is -2.48. The molecule has 0 spiro atoms. The summed E-state index contributed by atoms with van der Waals surface area (Å²) in [4.78, 5) is 26.9.